The van der Waals surface area contributed by atoms with Crippen molar-refractivity contribution in [2.45, 2.75) is 40.2 Å². The van der Waals surface area contributed by atoms with Gasteiger partial charge in [-0.15, -0.1) is 0 Å². The highest BCUT2D eigenvalue weighted by atomic mass is 16.5. The van der Waals surface area contributed by atoms with Crippen LogP contribution in [0.4, 0.5) is 5.95 Å². The van der Waals surface area contributed by atoms with E-state index in [4.69, 9.17) is 4.74 Å². The third kappa shape index (κ3) is 3.90. The zero-order valence-electron chi connectivity index (χ0n) is 12.7. The second-order valence-electron chi connectivity index (χ2n) is 5.35. The number of aromatic nitrogens is 2. The van der Waals surface area contributed by atoms with Gasteiger partial charge in [0.05, 0.1) is 17.3 Å². The molecule has 1 aromatic heterocycles. The van der Waals surface area contributed by atoms with E-state index < -0.39 is 0 Å². The molecular formula is C16H23N3O. The highest BCUT2D eigenvalue weighted by Gasteiger charge is 2.04. The van der Waals surface area contributed by atoms with Crippen LogP contribution in [0.15, 0.2) is 18.2 Å². The Morgan fingerprint density at radius 2 is 2.00 bits per heavy atom. The highest BCUT2D eigenvalue weighted by molar-refractivity contribution is 5.82. The number of aryl methyl sites for hydroxylation is 2. The van der Waals surface area contributed by atoms with E-state index in [1.54, 1.807) is 0 Å². The van der Waals surface area contributed by atoms with E-state index in [-0.39, 0.29) is 6.10 Å². The number of hydrogen-bond donors (Lipinski definition) is 1. The number of anilines is 1. The van der Waals surface area contributed by atoms with E-state index in [0.29, 0.717) is 5.95 Å². The monoisotopic (exact) mass is 273 g/mol. The van der Waals surface area contributed by atoms with Crippen LogP contribution in [0, 0.1) is 13.8 Å². The minimum Gasteiger partial charge on any atom is -0.379 e. The van der Waals surface area contributed by atoms with Crippen LogP contribution in [0.5, 0.6) is 0 Å². The largest absolute Gasteiger partial charge is 0.379 e. The normalized spacial score (nSPS) is 11.2. The molecule has 0 radical (unpaired) electrons. The molecule has 108 valence electrons. The van der Waals surface area contributed by atoms with Crippen molar-refractivity contribution in [3.8, 4) is 0 Å². The predicted molar refractivity (Wildman–Crippen MR) is 83.2 cm³/mol. The minimum atomic E-state index is 0.289. The Hall–Kier alpha value is -1.68. The molecule has 0 bridgehead atoms. The fraction of sp³-hybridized carbons (Fsp3) is 0.500. The van der Waals surface area contributed by atoms with Gasteiger partial charge in [0.1, 0.15) is 0 Å². The van der Waals surface area contributed by atoms with Crippen LogP contribution < -0.4 is 5.32 Å². The molecule has 1 N–H and O–H groups in total. The maximum Gasteiger partial charge on any atom is 0.223 e. The summed E-state index contributed by atoms with van der Waals surface area (Å²) in [5.74, 6) is 0.698. The van der Waals surface area contributed by atoms with Crippen LogP contribution in [0.3, 0.4) is 0 Å². The first kappa shape index (κ1) is 14.7. The van der Waals surface area contributed by atoms with Crippen molar-refractivity contribution in [2.24, 2.45) is 0 Å². The van der Waals surface area contributed by atoms with Crippen molar-refractivity contribution in [2.75, 3.05) is 18.5 Å². The fourth-order valence-corrected chi connectivity index (χ4v) is 2.07. The standard InChI is InChI=1S/C16H23N3O/c1-11(2)20-9-5-8-17-16-18-13(4)14-10-12(3)6-7-15(14)19-16/h6-7,10-11H,5,8-9H2,1-4H3,(H,17,18,19). The molecule has 0 saturated heterocycles. The molecule has 1 aromatic carbocycles. The van der Waals surface area contributed by atoms with Crippen LogP contribution in [0.2, 0.25) is 0 Å². The smallest absolute Gasteiger partial charge is 0.223 e. The van der Waals surface area contributed by atoms with Crippen molar-refractivity contribution < 1.29 is 4.74 Å². The summed E-state index contributed by atoms with van der Waals surface area (Å²) < 4.78 is 5.51. The predicted octanol–water partition coefficient (Wildman–Crippen LogP) is 3.47. The maximum atomic E-state index is 5.51. The quantitative estimate of drug-likeness (QED) is 0.819. The van der Waals surface area contributed by atoms with Crippen molar-refractivity contribution in [3.05, 3.63) is 29.5 Å². The van der Waals surface area contributed by atoms with Gasteiger partial charge in [-0.1, -0.05) is 11.6 Å². The molecule has 0 fully saturated rings. The molecule has 0 spiro atoms. The number of nitrogens with zero attached hydrogens (tertiary/aromatic N) is 2. The van der Waals surface area contributed by atoms with E-state index in [2.05, 4.69) is 34.3 Å². The molecule has 20 heavy (non-hydrogen) atoms. The lowest BCUT2D eigenvalue weighted by Gasteiger charge is -2.10. The van der Waals surface area contributed by atoms with E-state index in [9.17, 15) is 0 Å². The summed E-state index contributed by atoms with van der Waals surface area (Å²) in [5.41, 5.74) is 3.24. The number of fused-ring (bicyclic) bond motifs is 1. The van der Waals surface area contributed by atoms with Crippen LogP contribution in [0.25, 0.3) is 10.9 Å². The van der Waals surface area contributed by atoms with Gasteiger partial charge in [-0.25, -0.2) is 9.97 Å². The number of nitrogens with one attached hydrogen (secondary N) is 1. The van der Waals surface area contributed by atoms with E-state index in [1.165, 1.54) is 5.56 Å². The second-order valence-corrected chi connectivity index (χ2v) is 5.35. The average Bonchev–Trinajstić information content (AvgIpc) is 2.39. The Labute approximate surface area is 120 Å². The Kier molecular flexibility index (Phi) is 4.90. The molecule has 0 aliphatic carbocycles. The third-order valence-corrected chi connectivity index (χ3v) is 3.10. The van der Waals surface area contributed by atoms with Gasteiger partial charge in [0.25, 0.3) is 0 Å². The molecule has 2 rings (SSSR count). The lowest BCUT2D eigenvalue weighted by atomic mass is 10.1. The van der Waals surface area contributed by atoms with E-state index in [0.717, 1.165) is 36.2 Å². The highest BCUT2D eigenvalue weighted by Crippen LogP contribution is 2.18. The van der Waals surface area contributed by atoms with Gasteiger partial charge in [-0.05, 0) is 46.2 Å². The average molecular weight is 273 g/mol. The Morgan fingerprint density at radius 3 is 2.75 bits per heavy atom. The molecule has 1 heterocycles. The molecule has 4 heteroatoms. The van der Waals surface area contributed by atoms with Gasteiger partial charge in [-0.3, -0.25) is 0 Å². The van der Waals surface area contributed by atoms with Gasteiger partial charge >= 0.3 is 0 Å². The summed E-state index contributed by atoms with van der Waals surface area (Å²) in [7, 11) is 0. The van der Waals surface area contributed by atoms with Crippen LogP contribution >= 0.6 is 0 Å². The summed E-state index contributed by atoms with van der Waals surface area (Å²) in [6.45, 7) is 9.78. The lowest BCUT2D eigenvalue weighted by Crippen LogP contribution is -2.11. The van der Waals surface area contributed by atoms with Crippen molar-refractivity contribution >= 4 is 16.9 Å². The Morgan fingerprint density at radius 1 is 1.20 bits per heavy atom. The molecule has 0 atom stereocenters. The number of benzene rings is 1. The molecule has 0 aliphatic rings. The molecule has 4 nitrogen and oxygen atoms in total. The lowest BCUT2D eigenvalue weighted by molar-refractivity contribution is 0.0787. The molecule has 0 unspecified atom stereocenters. The summed E-state index contributed by atoms with van der Waals surface area (Å²) in [5, 5.41) is 4.39. The molecular weight excluding hydrogens is 250 g/mol. The maximum absolute atomic E-state index is 5.51. The minimum absolute atomic E-state index is 0.289. The van der Waals surface area contributed by atoms with Crippen molar-refractivity contribution in [1.82, 2.24) is 9.97 Å². The van der Waals surface area contributed by atoms with Gasteiger partial charge in [-0.2, -0.15) is 0 Å². The number of hydrogen-bond acceptors (Lipinski definition) is 4. The van der Waals surface area contributed by atoms with E-state index >= 15 is 0 Å². The Balaban J connectivity index is 1.99. The zero-order chi connectivity index (χ0) is 14.5. The Bertz CT molecular complexity index is 581. The molecule has 0 amide bonds. The van der Waals surface area contributed by atoms with Crippen LogP contribution in [0.1, 0.15) is 31.5 Å². The van der Waals surface area contributed by atoms with Crippen molar-refractivity contribution in [1.29, 1.82) is 0 Å². The van der Waals surface area contributed by atoms with Crippen molar-refractivity contribution in [3.63, 3.8) is 0 Å². The molecule has 0 aliphatic heterocycles. The second kappa shape index (κ2) is 6.66. The number of ether oxygens (including phenoxy) is 1. The molecule has 2 aromatic rings. The van der Waals surface area contributed by atoms with Crippen LogP contribution in [-0.4, -0.2) is 29.2 Å². The topological polar surface area (TPSA) is 47.0 Å². The first-order chi connectivity index (χ1) is 9.56. The third-order valence-electron chi connectivity index (χ3n) is 3.10. The summed E-state index contributed by atoms with van der Waals surface area (Å²) in [6, 6.07) is 6.26. The number of rotatable bonds is 6. The van der Waals surface area contributed by atoms with Gasteiger partial charge in [0, 0.05) is 18.5 Å². The van der Waals surface area contributed by atoms with Crippen LogP contribution in [-0.2, 0) is 4.74 Å². The summed E-state index contributed by atoms with van der Waals surface area (Å²) >= 11 is 0. The van der Waals surface area contributed by atoms with E-state index in [1.807, 2.05) is 26.8 Å². The van der Waals surface area contributed by atoms with Gasteiger partial charge < -0.3 is 10.1 Å². The zero-order valence-corrected chi connectivity index (χ0v) is 12.7. The summed E-state index contributed by atoms with van der Waals surface area (Å²) in [6.07, 6.45) is 1.24. The first-order valence-electron chi connectivity index (χ1n) is 7.17. The fourth-order valence-electron chi connectivity index (χ4n) is 2.07. The SMILES string of the molecule is Cc1ccc2nc(NCCCOC(C)C)nc(C)c2c1. The first-order valence-corrected chi connectivity index (χ1v) is 7.17. The van der Waals surface area contributed by atoms with Gasteiger partial charge in [0.15, 0.2) is 0 Å². The van der Waals surface area contributed by atoms with Gasteiger partial charge in [0.2, 0.25) is 5.95 Å². The summed E-state index contributed by atoms with van der Waals surface area (Å²) in [4.78, 5) is 9.06. The molecule has 0 saturated carbocycles.